The molecule has 1 saturated carbocycles. The van der Waals surface area contributed by atoms with Gasteiger partial charge in [0.1, 0.15) is 5.82 Å². The van der Waals surface area contributed by atoms with Crippen molar-refractivity contribution >= 4 is 11.6 Å². The smallest absolute Gasteiger partial charge is 0.331 e. The van der Waals surface area contributed by atoms with Crippen LogP contribution in [0.25, 0.3) is 5.69 Å². The molecule has 1 aliphatic rings. The van der Waals surface area contributed by atoms with Crippen molar-refractivity contribution in [1.29, 1.82) is 0 Å². The molecule has 1 aromatic carbocycles. The quantitative estimate of drug-likeness (QED) is 0.392. The first-order valence-corrected chi connectivity index (χ1v) is 11.1. The molecule has 8 heteroatoms. The fraction of sp³-hybridized carbons (Fsp3) is 0.478. The largest absolute Gasteiger partial charge is 0.434 e. The topological polar surface area (TPSA) is 35.6 Å². The van der Waals surface area contributed by atoms with Crippen LogP contribution in [0.15, 0.2) is 36.7 Å². The zero-order chi connectivity index (χ0) is 22.2. The molecule has 0 saturated heterocycles. The Kier molecular flexibility index (Phi) is 6.15. The van der Waals surface area contributed by atoms with Crippen LogP contribution in [-0.2, 0) is 12.6 Å². The van der Waals surface area contributed by atoms with E-state index in [0.29, 0.717) is 23.2 Å². The number of benzene rings is 1. The second-order valence-corrected chi connectivity index (χ2v) is 8.73. The van der Waals surface area contributed by atoms with Crippen LogP contribution in [0, 0.1) is 6.92 Å². The van der Waals surface area contributed by atoms with Crippen LogP contribution in [0.4, 0.5) is 13.2 Å². The van der Waals surface area contributed by atoms with E-state index in [9.17, 15) is 13.2 Å². The van der Waals surface area contributed by atoms with Crippen molar-refractivity contribution in [3.63, 3.8) is 0 Å². The summed E-state index contributed by atoms with van der Waals surface area (Å²) in [4.78, 5) is 3.78. The van der Waals surface area contributed by atoms with Crippen LogP contribution in [-0.4, -0.2) is 19.3 Å². The summed E-state index contributed by atoms with van der Waals surface area (Å²) in [5, 5.41) is 5.33. The molecule has 0 radical (unpaired) electrons. The molecule has 0 bridgehead atoms. The first kappa shape index (κ1) is 21.9. The third-order valence-corrected chi connectivity index (χ3v) is 6.38. The minimum absolute atomic E-state index is 0.102. The third-order valence-electron chi connectivity index (χ3n) is 6.13. The molecule has 0 amide bonds. The van der Waals surface area contributed by atoms with Gasteiger partial charge in [-0.25, -0.2) is 9.67 Å². The van der Waals surface area contributed by atoms with E-state index in [4.69, 9.17) is 11.6 Å². The minimum atomic E-state index is -4.44. The number of nitrogens with zero attached hydrogens (tertiary/aromatic N) is 4. The van der Waals surface area contributed by atoms with Gasteiger partial charge in [-0.15, -0.1) is 0 Å². The molecule has 4 nitrogen and oxygen atoms in total. The van der Waals surface area contributed by atoms with E-state index in [1.54, 1.807) is 11.5 Å². The molecule has 31 heavy (non-hydrogen) atoms. The van der Waals surface area contributed by atoms with Gasteiger partial charge in [0.2, 0.25) is 0 Å². The monoisotopic (exact) mass is 450 g/mol. The average Bonchev–Trinajstić information content (AvgIpc) is 3.25. The number of rotatable bonds is 7. The maximum absolute atomic E-state index is 13.2. The summed E-state index contributed by atoms with van der Waals surface area (Å²) in [6.45, 7) is 3.69. The lowest BCUT2D eigenvalue weighted by Crippen LogP contribution is -2.18. The summed E-state index contributed by atoms with van der Waals surface area (Å²) in [6, 6.07) is 7.48. The Morgan fingerprint density at radius 2 is 1.90 bits per heavy atom. The summed E-state index contributed by atoms with van der Waals surface area (Å²) in [6.07, 6.45) is 4.25. The van der Waals surface area contributed by atoms with Crippen molar-refractivity contribution in [2.24, 2.45) is 0 Å². The van der Waals surface area contributed by atoms with Crippen molar-refractivity contribution in [2.45, 2.75) is 70.5 Å². The van der Waals surface area contributed by atoms with Crippen LogP contribution >= 0.6 is 11.6 Å². The number of hydrogen-bond acceptors (Lipinski definition) is 2. The van der Waals surface area contributed by atoms with E-state index < -0.39 is 11.9 Å². The summed E-state index contributed by atoms with van der Waals surface area (Å²) in [5.41, 5.74) is 2.38. The van der Waals surface area contributed by atoms with Gasteiger partial charge in [-0.2, -0.15) is 18.3 Å². The highest BCUT2D eigenvalue weighted by molar-refractivity contribution is 6.30. The molecule has 1 atom stereocenters. The Bertz CT molecular complexity index is 1030. The summed E-state index contributed by atoms with van der Waals surface area (Å²) in [7, 11) is 0. The lowest BCUT2D eigenvalue weighted by molar-refractivity contribution is -0.141. The first-order chi connectivity index (χ1) is 14.8. The van der Waals surface area contributed by atoms with Gasteiger partial charge >= 0.3 is 6.18 Å². The molecule has 2 heterocycles. The van der Waals surface area contributed by atoms with Gasteiger partial charge in [0.25, 0.3) is 0 Å². The molecule has 0 aliphatic heterocycles. The highest BCUT2D eigenvalue weighted by Crippen LogP contribution is 2.40. The van der Waals surface area contributed by atoms with Crippen LogP contribution in [0.5, 0.6) is 0 Å². The lowest BCUT2D eigenvalue weighted by atomic mass is 9.80. The van der Waals surface area contributed by atoms with E-state index in [2.05, 4.69) is 10.1 Å². The first-order valence-electron chi connectivity index (χ1n) is 10.7. The van der Waals surface area contributed by atoms with E-state index in [-0.39, 0.29) is 6.04 Å². The van der Waals surface area contributed by atoms with Gasteiger partial charge < -0.3 is 4.57 Å². The van der Waals surface area contributed by atoms with Crippen molar-refractivity contribution in [3.8, 4) is 5.69 Å². The molecular weight excluding hydrogens is 425 g/mol. The Balaban J connectivity index is 1.70. The van der Waals surface area contributed by atoms with Crippen molar-refractivity contribution in [3.05, 3.63) is 64.5 Å². The molecule has 1 unspecified atom stereocenters. The average molecular weight is 451 g/mol. The van der Waals surface area contributed by atoms with E-state index in [1.165, 1.54) is 12.1 Å². The van der Waals surface area contributed by atoms with Crippen LogP contribution < -0.4 is 0 Å². The van der Waals surface area contributed by atoms with E-state index in [0.717, 1.165) is 43.1 Å². The zero-order valence-electron chi connectivity index (χ0n) is 17.7. The van der Waals surface area contributed by atoms with Gasteiger partial charge in [0, 0.05) is 23.2 Å². The van der Waals surface area contributed by atoms with E-state index >= 15 is 0 Å². The summed E-state index contributed by atoms with van der Waals surface area (Å²) >= 11 is 6.05. The van der Waals surface area contributed by atoms with Crippen molar-refractivity contribution in [1.82, 2.24) is 19.3 Å². The predicted molar refractivity (Wildman–Crippen MR) is 115 cm³/mol. The SMILES string of the molecule is CCCC(Cc1cnn(-c2ccc(Cl)cc2)c1C1CCC1)n1cc(C(F)(F)F)nc1C. The molecule has 0 spiro atoms. The van der Waals surface area contributed by atoms with Gasteiger partial charge in [-0.1, -0.05) is 31.4 Å². The highest BCUT2D eigenvalue weighted by Gasteiger charge is 2.35. The molecule has 1 fully saturated rings. The number of hydrogen-bond donors (Lipinski definition) is 0. The second-order valence-electron chi connectivity index (χ2n) is 8.30. The molecule has 1 aliphatic carbocycles. The number of halogens is 4. The number of imidazole rings is 1. The molecule has 4 rings (SSSR count). The van der Waals surface area contributed by atoms with Gasteiger partial charge in [-0.3, -0.25) is 0 Å². The number of aromatic nitrogens is 4. The van der Waals surface area contributed by atoms with Gasteiger partial charge in [0.15, 0.2) is 5.69 Å². The number of aryl methyl sites for hydroxylation is 1. The standard InChI is InChI=1S/C23H26ClF3N4/c1-3-5-20(30-14-21(23(25,26)27)29-15(30)2)12-17-13-28-31(22(17)16-6-4-7-16)19-10-8-18(24)9-11-19/h8-11,13-14,16,20H,3-7,12H2,1-2H3. The van der Waals surface area contributed by atoms with Crippen LogP contribution in [0.2, 0.25) is 5.02 Å². The van der Waals surface area contributed by atoms with Crippen LogP contribution in [0.1, 0.15) is 73.8 Å². The van der Waals surface area contributed by atoms with Crippen LogP contribution in [0.3, 0.4) is 0 Å². The third kappa shape index (κ3) is 4.52. The van der Waals surface area contributed by atoms with Gasteiger partial charge in [0.05, 0.1) is 17.6 Å². The second kappa shape index (κ2) is 8.69. The Morgan fingerprint density at radius 3 is 2.45 bits per heavy atom. The zero-order valence-corrected chi connectivity index (χ0v) is 18.4. The fourth-order valence-electron chi connectivity index (χ4n) is 4.37. The fourth-order valence-corrected chi connectivity index (χ4v) is 4.50. The molecular formula is C23H26ClF3N4. The maximum Gasteiger partial charge on any atom is 0.434 e. The normalized spacial score (nSPS) is 15.8. The number of alkyl halides is 3. The lowest BCUT2D eigenvalue weighted by Gasteiger charge is -2.28. The molecule has 2 aromatic heterocycles. The summed E-state index contributed by atoms with van der Waals surface area (Å²) in [5.74, 6) is 0.811. The van der Waals surface area contributed by atoms with E-state index in [1.807, 2.05) is 42.1 Å². The molecule has 3 aromatic rings. The predicted octanol–water partition coefficient (Wildman–Crippen LogP) is 6.90. The van der Waals surface area contributed by atoms with Crippen molar-refractivity contribution < 1.29 is 13.2 Å². The maximum atomic E-state index is 13.2. The highest BCUT2D eigenvalue weighted by atomic mass is 35.5. The Hall–Kier alpha value is -2.28. The van der Waals surface area contributed by atoms with Gasteiger partial charge in [-0.05, 0) is 62.4 Å². The summed E-state index contributed by atoms with van der Waals surface area (Å²) < 4.78 is 43.3. The minimum Gasteiger partial charge on any atom is -0.331 e. The molecule has 166 valence electrons. The Morgan fingerprint density at radius 1 is 1.19 bits per heavy atom. The molecule has 0 N–H and O–H groups in total. The Labute approximate surface area is 185 Å². The van der Waals surface area contributed by atoms with Crippen molar-refractivity contribution in [2.75, 3.05) is 0 Å².